The van der Waals surface area contributed by atoms with Crippen molar-refractivity contribution in [3.63, 3.8) is 0 Å². The standard InChI is InChI=1S/C16H15N3O/c1-2-11-20-15-10-6-9-14-16(15)17-18-19(14)12-13-7-4-3-5-8-13/h2-10H,1,11-12H2. The lowest BCUT2D eigenvalue weighted by molar-refractivity contribution is 0.367. The van der Waals surface area contributed by atoms with Gasteiger partial charge in [0.05, 0.1) is 12.1 Å². The number of fused-ring (bicyclic) bond motifs is 1. The van der Waals surface area contributed by atoms with Crippen molar-refractivity contribution in [1.82, 2.24) is 15.0 Å². The van der Waals surface area contributed by atoms with Gasteiger partial charge in [0, 0.05) is 0 Å². The van der Waals surface area contributed by atoms with Crippen LogP contribution in [0.2, 0.25) is 0 Å². The molecule has 4 nitrogen and oxygen atoms in total. The monoisotopic (exact) mass is 265 g/mol. The number of benzene rings is 2. The summed E-state index contributed by atoms with van der Waals surface area (Å²) in [6.07, 6.45) is 1.72. The Balaban J connectivity index is 1.95. The first-order valence-electron chi connectivity index (χ1n) is 6.48. The Morgan fingerprint density at radius 1 is 1.10 bits per heavy atom. The molecule has 0 aliphatic carbocycles. The van der Waals surface area contributed by atoms with Crippen molar-refractivity contribution >= 4 is 11.0 Å². The molecular weight excluding hydrogens is 250 g/mol. The minimum Gasteiger partial charge on any atom is -0.487 e. The van der Waals surface area contributed by atoms with Crippen LogP contribution in [0.3, 0.4) is 0 Å². The Hall–Kier alpha value is -2.62. The van der Waals surface area contributed by atoms with E-state index in [2.05, 4.69) is 29.0 Å². The smallest absolute Gasteiger partial charge is 0.155 e. The highest BCUT2D eigenvalue weighted by Gasteiger charge is 2.09. The van der Waals surface area contributed by atoms with E-state index in [1.807, 2.05) is 41.1 Å². The average Bonchev–Trinajstić information content (AvgIpc) is 2.90. The lowest BCUT2D eigenvalue weighted by atomic mass is 10.2. The van der Waals surface area contributed by atoms with Crippen LogP contribution in [0.25, 0.3) is 11.0 Å². The maximum Gasteiger partial charge on any atom is 0.155 e. The predicted molar refractivity (Wildman–Crippen MR) is 78.8 cm³/mol. The van der Waals surface area contributed by atoms with Gasteiger partial charge in [0.25, 0.3) is 0 Å². The summed E-state index contributed by atoms with van der Waals surface area (Å²) in [7, 11) is 0. The van der Waals surface area contributed by atoms with Crippen molar-refractivity contribution in [2.24, 2.45) is 0 Å². The number of nitrogens with zero attached hydrogens (tertiary/aromatic N) is 3. The van der Waals surface area contributed by atoms with Crippen molar-refractivity contribution in [3.8, 4) is 5.75 Å². The van der Waals surface area contributed by atoms with Gasteiger partial charge < -0.3 is 4.74 Å². The summed E-state index contributed by atoms with van der Waals surface area (Å²) in [6.45, 7) is 4.81. The second kappa shape index (κ2) is 5.57. The fourth-order valence-corrected chi connectivity index (χ4v) is 2.10. The summed E-state index contributed by atoms with van der Waals surface area (Å²) in [6, 6.07) is 16.0. The van der Waals surface area contributed by atoms with Crippen LogP contribution in [0, 0.1) is 0 Å². The molecule has 0 bridgehead atoms. The van der Waals surface area contributed by atoms with Gasteiger partial charge in [-0.1, -0.05) is 54.3 Å². The summed E-state index contributed by atoms with van der Waals surface area (Å²) in [5.41, 5.74) is 2.94. The molecule has 0 amide bonds. The maximum absolute atomic E-state index is 5.60. The van der Waals surface area contributed by atoms with Gasteiger partial charge in [-0.3, -0.25) is 0 Å². The molecule has 100 valence electrons. The zero-order chi connectivity index (χ0) is 13.8. The van der Waals surface area contributed by atoms with Crippen molar-refractivity contribution in [3.05, 3.63) is 66.7 Å². The van der Waals surface area contributed by atoms with E-state index >= 15 is 0 Å². The third-order valence-electron chi connectivity index (χ3n) is 3.04. The van der Waals surface area contributed by atoms with Gasteiger partial charge in [-0.05, 0) is 17.7 Å². The lowest BCUT2D eigenvalue weighted by Gasteiger charge is -2.05. The van der Waals surface area contributed by atoms with Crippen LogP contribution in [-0.4, -0.2) is 21.6 Å². The van der Waals surface area contributed by atoms with Crippen LogP contribution < -0.4 is 4.74 Å². The van der Waals surface area contributed by atoms with Crippen LogP contribution in [-0.2, 0) is 6.54 Å². The molecule has 2 aromatic carbocycles. The first-order chi connectivity index (χ1) is 9.88. The Morgan fingerprint density at radius 2 is 1.95 bits per heavy atom. The van der Waals surface area contributed by atoms with Gasteiger partial charge in [-0.25, -0.2) is 4.68 Å². The fraction of sp³-hybridized carbons (Fsp3) is 0.125. The van der Waals surface area contributed by atoms with Gasteiger partial charge >= 0.3 is 0 Å². The van der Waals surface area contributed by atoms with Crippen molar-refractivity contribution in [2.45, 2.75) is 6.54 Å². The van der Waals surface area contributed by atoms with E-state index in [-0.39, 0.29) is 0 Å². The van der Waals surface area contributed by atoms with E-state index in [4.69, 9.17) is 4.74 Å². The van der Waals surface area contributed by atoms with Gasteiger partial charge in [0.1, 0.15) is 12.4 Å². The van der Waals surface area contributed by atoms with Crippen LogP contribution in [0.4, 0.5) is 0 Å². The molecule has 0 radical (unpaired) electrons. The molecule has 1 aromatic heterocycles. The van der Waals surface area contributed by atoms with Gasteiger partial charge in [-0.2, -0.15) is 0 Å². The molecule has 0 saturated heterocycles. The van der Waals surface area contributed by atoms with Crippen LogP contribution in [0.5, 0.6) is 5.75 Å². The van der Waals surface area contributed by atoms with E-state index in [1.165, 1.54) is 5.56 Å². The minimum atomic E-state index is 0.463. The zero-order valence-electron chi connectivity index (χ0n) is 11.1. The molecule has 0 fully saturated rings. The number of aromatic nitrogens is 3. The fourth-order valence-electron chi connectivity index (χ4n) is 2.10. The van der Waals surface area contributed by atoms with E-state index in [9.17, 15) is 0 Å². The average molecular weight is 265 g/mol. The third-order valence-corrected chi connectivity index (χ3v) is 3.04. The highest BCUT2D eigenvalue weighted by atomic mass is 16.5. The van der Waals surface area contributed by atoms with E-state index < -0.39 is 0 Å². The topological polar surface area (TPSA) is 39.9 Å². The zero-order valence-corrected chi connectivity index (χ0v) is 11.1. The Labute approximate surface area is 117 Å². The minimum absolute atomic E-state index is 0.463. The normalized spacial score (nSPS) is 10.6. The summed E-state index contributed by atoms with van der Waals surface area (Å²) in [5.74, 6) is 0.738. The summed E-state index contributed by atoms with van der Waals surface area (Å²) >= 11 is 0. The highest BCUT2D eigenvalue weighted by Crippen LogP contribution is 2.23. The van der Waals surface area contributed by atoms with E-state index in [1.54, 1.807) is 6.08 Å². The number of hydrogen-bond acceptors (Lipinski definition) is 3. The van der Waals surface area contributed by atoms with Gasteiger partial charge in [0.15, 0.2) is 5.52 Å². The third kappa shape index (κ3) is 2.40. The largest absolute Gasteiger partial charge is 0.487 e. The number of ether oxygens (including phenoxy) is 1. The molecule has 0 spiro atoms. The molecule has 0 N–H and O–H groups in total. The second-order valence-corrected chi connectivity index (χ2v) is 4.46. The van der Waals surface area contributed by atoms with Crippen molar-refractivity contribution in [2.75, 3.05) is 6.61 Å². The quantitative estimate of drug-likeness (QED) is 0.666. The maximum atomic E-state index is 5.60. The molecule has 4 heteroatoms. The Bertz CT molecular complexity index is 719. The highest BCUT2D eigenvalue weighted by molar-refractivity contribution is 5.81. The van der Waals surface area contributed by atoms with Crippen LogP contribution >= 0.6 is 0 Å². The van der Waals surface area contributed by atoms with Crippen molar-refractivity contribution < 1.29 is 4.74 Å². The lowest BCUT2D eigenvalue weighted by Crippen LogP contribution is -2.01. The Kier molecular flexibility index (Phi) is 3.46. The summed E-state index contributed by atoms with van der Waals surface area (Å²) in [4.78, 5) is 0. The summed E-state index contributed by atoms with van der Waals surface area (Å²) in [5, 5.41) is 8.44. The molecule has 3 aromatic rings. The SMILES string of the molecule is C=CCOc1cccc2c1nnn2Cc1ccccc1. The first kappa shape index (κ1) is 12.4. The molecule has 1 heterocycles. The number of rotatable bonds is 5. The van der Waals surface area contributed by atoms with Gasteiger partial charge in [0.2, 0.25) is 0 Å². The molecule has 0 saturated carbocycles. The van der Waals surface area contributed by atoms with Crippen LogP contribution in [0.1, 0.15) is 5.56 Å². The molecule has 0 aliphatic heterocycles. The second-order valence-electron chi connectivity index (χ2n) is 4.46. The molecule has 20 heavy (non-hydrogen) atoms. The molecule has 0 unspecified atom stereocenters. The molecule has 0 atom stereocenters. The van der Waals surface area contributed by atoms with Gasteiger partial charge in [-0.15, -0.1) is 5.10 Å². The van der Waals surface area contributed by atoms with Crippen molar-refractivity contribution in [1.29, 1.82) is 0 Å². The predicted octanol–water partition coefficient (Wildman–Crippen LogP) is 3.04. The molecule has 3 rings (SSSR count). The van der Waals surface area contributed by atoms with E-state index in [0.29, 0.717) is 13.2 Å². The van der Waals surface area contributed by atoms with E-state index in [0.717, 1.165) is 16.8 Å². The van der Waals surface area contributed by atoms with Crippen LogP contribution in [0.15, 0.2) is 61.2 Å². The first-order valence-corrected chi connectivity index (χ1v) is 6.48. The number of hydrogen-bond donors (Lipinski definition) is 0. The summed E-state index contributed by atoms with van der Waals surface area (Å²) < 4.78 is 7.48. The molecular formula is C16H15N3O. The Morgan fingerprint density at radius 3 is 2.75 bits per heavy atom. The molecule has 0 aliphatic rings.